The molecular weight excluding hydrogens is 380 g/mol. The number of carbonyl (C=O) groups excluding carboxylic acids is 1. The topological polar surface area (TPSA) is 76.1 Å². The first-order chi connectivity index (χ1) is 13.0. The van der Waals surface area contributed by atoms with E-state index in [1.54, 1.807) is 18.9 Å². The molecule has 0 saturated heterocycles. The Bertz CT molecular complexity index is 943. The lowest BCUT2D eigenvalue weighted by atomic mass is 10.1. The van der Waals surface area contributed by atoms with E-state index in [1.807, 2.05) is 36.4 Å². The number of nitrogens with one attached hydrogen (secondary N) is 2. The van der Waals surface area contributed by atoms with Crippen LogP contribution in [0.4, 0.5) is 16.5 Å². The normalized spacial score (nSPS) is 10.5. The minimum atomic E-state index is -0.103. The van der Waals surface area contributed by atoms with Gasteiger partial charge in [0.25, 0.3) is 0 Å². The summed E-state index contributed by atoms with van der Waals surface area (Å²) in [7, 11) is 1.68. The summed E-state index contributed by atoms with van der Waals surface area (Å²) < 4.78 is 6.30. The van der Waals surface area contributed by atoms with E-state index < -0.39 is 0 Å². The summed E-state index contributed by atoms with van der Waals surface area (Å²) in [6.07, 6.45) is 0. The summed E-state index contributed by atoms with van der Waals surface area (Å²) in [5.74, 6) is 1.54. The fourth-order valence-corrected chi connectivity index (χ4v) is 4.23. The Balaban J connectivity index is 1.64. The highest BCUT2D eigenvalue weighted by molar-refractivity contribution is 8.00. The lowest BCUT2D eigenvalue weighted by Crippen LogP contribution is -2.05. The van der Waals surface area contributed by atoms with E-state index in [0.29, 0.717) is 5.13 Å². The van der Waals surface area contributed by atoms with E-state index in [1.165, 1.54) is 23.8 Å². The molecule has 0 atom stereocenters. The molecule has 3 rings (SSSR count). The van der Waals surface area contributed by atoms with Gasteiger partial charge in [-0.3, -0.25) is 4.79 Å². The van der Waals surface area contributed by atoms with Gasteiger partial charge in [0.2, 0.25) is 11.0 Å². The zero-order valence-corrected chi connectivity index (χ0v) is 16.9. The summed E-state index contributed by atoms with van der Waals surface area (Å²) >= 11 is 3.11. The first-order valence-corrected chi connectivity index (χ1v) is 10.1. The van der Waals surface area contributed by atoms with Gasteiger partial charge in [-0.2, -0.15) is 0 Å². The maximum atomic E-state index is 11.2. The van der Waals surface area contributed by atoms with Gasteiger partial charge in [-0.15, -0.1) is 10.2 Å². The molecule has 1 aromatic heterocycles. The molecule has 3 aromatic rings. The van der Waals surface area contributed by atoms with Crippen molar-refractivity contribution in [3.8, 4) is 5.75 Å². The van der Waals surface area contributed by atoms with E-state index in [9.17, 15) is 4.79 Å². The first-order valence-electron chi connectivity index (χ1n) is 8.28. The summed E-state index contributed by atoms with van der Waals surface area (Å²) in [6, 6.07) is 13.6. The molecule has 0 spiro atoms. The van der Waals surface area contributed by atoms with Crippen LogP contribution in [-0.2, 0) is 10.5 Å². The van der Waals surface area contributed by atoms with E-state index >= 15 is 0 Å². The van der Waals surface area contributed by atoms with Crippen molar-refractivity contribution in [2.75, 3.05) is 17.7 Å². The summed E-state index contributed by atoms with van der Waals surface area (Å²) in [6.45, 7) is 3.55. The van der Waals surface area contributed by atoms with E-state index in [2.05, 4.69) is 33.8 Å². The summed E-state index contributed by atoms with van der Waals surface area (Å²) in [5, 5.41) is 15.1. The SMILES string of the molecule is COc1ccc(C)cc1CSc1nnc(Nc2cccc(NC(C)=O)c2)s1. The van der Waals surface area contributed by atoms with Crippen LogP contribution in [0.2, 0.25) is 0 Å². The Labute approximate surface area is 166 Å². The molecule has 8 heteroatoms. The predicted octanol–water partition coefficient (Wildman–Crippen LogP) is 4.85. The molecule has 1 heterocycles. The monoisotopic (exact) mass is 400 g/mol. The van der Waals surface area contributed by atoms with Crippen LogP contribution in [0.3, 0.4) is 0 Å². The van der Waals surface area contributed by atoms with Crippen molar-refractivity contribution in [1.29, 1.82) is 0 Å². The number of anilines is 3. The van der Waals surface area contributed by atoms with Gasteiger partial charge in [-0.1, -0.05) is 46.9 Å². The number of thioether (sulfide) groups is 1. The fourth-order valence-electron chi connectivity index (χ4n) is 2.48. The second-order valence-electron chi connectivity index (χ2n) is 5.86. The number of amides is 1. The van der Waals surface area contributed by atoms with Crippen molar-refractivity contribution in [3.05, 3.63) is 53.6 Å². The third kappa shape index (κ3) is 5.45. The zero-order valence-electron chi connectivity index (χ0n) is 15.3. The Morgan fingerprint density at radius 3 is 2.78 bits per heavy atom. The number of aryl methyl sites for hydroxylation is 1. The fraction of sp³-hybridized carbons (Fsp3) is 0.211. The third-order valence-electron chi connectivity index (χ3n) is 3.63. The van der Waals surface area contributed by atoms with Crippen LogP contribution in [0.5, 0.6) is 5.75 Å². The summed E-state index contributed by atoms with van der Waals surface area (Å²) in [4.78, 5) is 11.2. The van der Waals surface area contributed by atoms with Gasteiger partial charge in [0.05, 0.1) is 7.11 Å². The molecule has 0 bridgehead atoms. The molecule has 2 N–H and O–H groups in total. The number of hydrogen-bond acceptors (Lipinski definition) is 7. The van der Waals surface area contributed by atoms with Crippen LogP contribution in [0, 0.1) is 6.92 Å². The highest BCUT2D eigenvalue weighted by Crippen LogP contribution is 2.32. The molecule has 27 heavy (non-hydrogen) atoms. The van der Waals surface area contributed by atoms with E-state index in [-0.39, 0.29) is 5.91 Å². The number of hydrogen-bond donors (Lipinski definition) is 2. The number of aromatic nitrogens is 2. The molecule has 0 aliphatic rings. The van der Waals surface area contributed by atoms with Gasteiger partial charge in [-0.25, -0.2) is 0 Å². The Hall–Kier alpha value is -2.58. The molecule has 0 aliphatic heterocycles. The number of methoxy groups -OCH3 is 1. The second kappa shape index (κ2) is 8.88. The van der Waals surface area contributed by atoms with Crippen molar-refractivity contribution in [2.24, 2.45) is 0 Å². The van der Waals surface area contributed by atoms with Crippen LogP contribution in [0.1, 0.15) is 18.1 Å². The van der Waals surface area contributed by atoms with Gasteiger partial charge >= 0.3 is 0 Å². The minimum absolute atomic E-state index is 0.103. The number of carbonyl (C=O) groups is 1. The molecular formula is C19H20N4O2S2. The van der Waals surface area contributed by atoms with Crippen molar-refractivity contribution >= 4 is 45.5 Å². The smallest absolute Gasteiger partial charge is 0.221 e. The highest BCUT2D eigenvalue weighted by atomic mass is 32.2. The standard InChI is InChI=1S/C19H20N4O2S2/c1-12-7-8-17(25-3)14(9-12)11-26-19-23-22-18(27-19)21-16-6-4-5-15(10-16)20-13(2)24/h4-10H,11H2,1-3H3,(H,20,24)(H,21,22). The molecule has 1 amide bonds. The number of rotatable bonds is 7. The summed E-state index contributed by atoms with van der Waals surface area (Å²) in [5.41, 5.74) is 3.91. The molecule has 6 nitrogen and oxygen atoms in total. The van der Waals surface area contributed by atoms with E-state index in [0.717, 1.165) is 32.8 Å². The van der Waals surface area contributed by atoms with Crippen LogP contribution >= 0.6 is 23.1 Å². The number of nitrogens with zero attached hydrogens (tertiary/aromatic N) is 2. The number of ether oxygens (including phenoxy) is 1. The lowest BCUT2D eigenvalue weighted by Gasteiger charge is -2.08. The van der Waals surface area contributed by atoms with Crippen LogP contribution < -0.4 is 15.4 Å². The largest absolute Gasteiger partial charge is 0.496 e. The lowest BCUT2D eigenvalue weighted by molar-refractivity contribution is -0.114. The molecule has 140 valence electrons. The average molecular weight is 401 g/mol. The molecule has 2 aromatic carbocycles. The van der Waals surface area contributed by atoms with Crippen LogP contribution in [0.25, 0.3) is 0 Å². The first kappa shape index (κ1) is 19.2. The third-order valence-corrected chi connectivity index (χ3v) is 5.65. The van der Waals surface area contributed by atoms with Gasteiger partial charge in [-0.05, 0) is 31.2 Å². The molecule has 0 fully saturated rings. The van der Waals surface area contributed by atoms with Crippen LogP contribution in [0.15, 0.2) is 46.8 Å². The van der Waals surface area contributed by atoms with Crippen molar-refractivity contribution in [2.45, 2.75) is 23.9 Å². The predicted molar refractivity (Wildman–Crippen MR) is 111 cm³/mol. The van der Waals surface area contributed by atoms with Gasteiger partial charge in [0.1, 0.15) is 5.75 Å². The van der Waals surface area contributed by atoms with Crippen molar-refractivity contribution in [3.63, 3.8) is 0 Å². The zero-order chi connectivity index (χ0) is 19.2. The van der Waals surface area contributed by atoms with Crippen molar-refractivity contribution < 1.29 is 9.53 Å². The maximum absolute atomic E-state index is 11.2. The van der Waals surface area contributed by atoms with Crippen molar-refractivity contribution in [1.82, 2.24) is 10.2 Å². The maximum Gasteiger partial charge on any atom is 0.221 e. The molecule has 0 unspecified atom stereocenters. The Morgan fingerprint density at radius 1 is 1.19 bits per heavy atom. The number of benzene rings is 2. The van der Waals surface area contributed by atoms with Gasteiger partial charge in [0, 0.05) is 29.6 Å². The average Bonchev–Trinajstić information content (AvgIpc) is 3.07. The van der Waals surface area contributed by atoms with E-state index in [4.69, 9.17) is 4.74 Å². The highest BCUT2D eigenvalue weighted by Gasteiger charge is 2.09. The molecule has 0 aliphatic carbocycles. The quantitative estimate of drug-likeness (QED) is 0.552. The molecule has 0 radical (unpaired) electrons. The van der Waals surface area contributed by atoms with Gasteiger partial charge in [0.15, 0.2) is 4.34 Å². The molecule has 0 saturated carbocycles. The van der Waals surface area contributed by atoms with Gasteiger partial charge < -0.3 is 15.4 Å². The van der Waals surface area contributed by atoms with Crippen LogP contribution in [-0.4, -0.2) is 23.2 Å². The second-order valence-corrected chi connectivity index (χ2v) is 8.06. The Kier molecular flexibility index (Phi) is 6.31. The Morgan fingerprint density at radius 2 is 2.00 bits per heavy atom. The minimum Gasteiger partial charge on any atom is -0.496 e.